The Hall–Kier alpha value is -1.84. The van der Waals surface area contributed by atoms with E-state index in [1.54, 1.807) is 0 Å². The number of nitrogens with zero attached hydrogens (tertiary/aromatic N) is 1. The predicted molar refractivity (Wildman–Crippen MR) is 75.8 cm³/mol. The van der Waals surface area contributed by atoms with Crippen molar-refractivity contribution in [2.24, 2.45) is 5.41 Å². The first-order chi connectivity index (χ1) is 11.0. The number of ether oxygens (including phenoxy) is 1. The molecule has 0 aromatic rings. The number of rotatable bonds is 2. The zero-order chi connectivity index (χ0) is 18.5. The first-order valence-electron chi connectivity index (χ1n) is 7.45. The number of carboxylic acids is 1. The maximum atomic E-state index is 12.0. The monoisotopic (exact) mass is 354 g/mol. The fourth-order valence-electron chi connectivity index (χ4n) is 2.90. The highest BCUT2D eigenvalue weighted by Crippen LogP contribution is 2.40. The van der Waals surface area contributed by atoms with E-state index in [9.17, 15) is 22.8 Å². The van der Waals surface area contributed by atoms with E-state index in [2.05, 4.69) is 10.1 Å². The Morgan fingerprint density at radius 1 is 1.33 bits per heavy atom. The number of carboxylic acid groups (broad SMARTS) is 1. The number of hydrogen-bond donors (Lipinski definition) is 2. The largest absolute Gasteiger partial charge is 0.575 e. The molecule has 2 N–H and O–H groups in total. The molecule has 2 saturated heterocycles. The van der Waals surface area contributed by atoms with Crippen molar-refractivity contribution < 1.29 is 37.4 Å². The number of carbonyl (C=O) groups excluding carboxylic acids is 2. The van der Waals surface area contributed by atoms with Crippen LogP contribution in [0.1, 0.15) is 33.1 Å². The van der Waals surface area contributed by atoms with E-state index >= 15 is 0 Å². The molecule has 2 aliphatic heterocycles. The van der Waals surface area contributed by atoms with E-state index in [-0.39, 0.29) is 17.7 Å². The smallest absolute Gasteiger partial charge is 0.481 e. The van der Waals surface area contributed by atoms with Gasteiger partial charge in [-0.1, -0.05) is 0 Å². The molecule has 1 unspecified atom stereocenters. The second-order valence-electron chi connectivity index (χ2n) is 6.01. The quantitative estimate of drug-likeness (QED) is 0.722. The third kappa shape index (κ3) is 5.99. The Bertz CT molecular complexity index is 485. The number of amides is 1. The highest BCUT2D eigenvalue weighted by molar-refractivity contribution is 5.86. The molecule has 0 aromatic heterocycles. The fraction of sp³-hybridized carbons (Fsp3) is 0.786. The number of piperidine rings is 1. The summed E-state index contributed by atoms with van der Waals surface area (Å²) in [5.41, 5.74) is -0.213. The van der Waals surface area contributed by atoms with Gasteiger partial charge in [-0.2, -0.15) is 0 Å². The van der Waals surface area contributed by atoms with Gasteiger partial charge in [0.05, 0.1) is 0 Å². The molecule has 2 fully saturated rings. The van der Waals surface area contributed by atoms with Crippen LogP contribution < -0.4 is 5.32 Å². The van der Waals surface area contributed by atoms with Crippen LogP contribution in [0.15, 0.2) is 0 Å². The highest BCUT2D eigenvalue weighted by Gasteiger charge is 2.47. The van der Waals surface area contributed by atoms with Crippen LogP contribution in [-0.4, -0.2) is 59.9 Å². The van der Waals surface area contributed by atoms with Crippen molar-refractivity contribution >= 4 is 17.8 Å². The van der Waals surface area contributed by atoms with E-state index in [1.165, 1.54) is 11.8 Å². The number of likely N-dealkylation sites (tertiary alicyclic amines) is 1. The number of carbonyl (C=O) groups is 3. The Kier molecular flexibility index (Phi) is 6.58. The van der Waals surface area contributed by atoms with Crippen LogP contribution >= 0.6 is 0 Å². The predicted octanol–water partition coefficient (Wildman–Crippen LogP) is 1.13. The molecule has 0 aliphatic carbocycles. The second kappa shape index (κ2) is 7.82. The molecule has 138 valence electrons. The molecule has 2 aliphatic rings. The van der Waals surface area contributed by atoms with Crippen LogP contribution in [0.25, 0.3) is 0 Å². The van der Waals surface area contributed by atoms with Crippen LogP contribution in [0.2, 0.25) is 0 Å². The molecule has 1 amide bonds. The minimum Gasteiger partial charge on any atom is -0.481 e. The maximum absolute atomic E-state index is 12.0. The minimum absolute atomic E-state index is 0.213. The Balaban J connectivity index is 0.000000648. The van der Waals surface area contributed by atoms with Crippen molar-refractivity contribution in [2.75, 3.05) is 19.6 Å². The topological polar surface area (TPSA) is 95.9 Å². The van der Waals surface area contributed by atoms with Gasteiger partial charge >= 0.3 is 12.3 Å². The van der Waals surface area contributed by atoms with Crippen LogP contribution in [0.3, 0.4) is 0 Å². The third-order valence-electron chi connectivity index (χ3n) is 4.04. The molecule has 1 atom stereocenters. The van der Waals surface area contributed by atoms with Crippen molar-refractivity contribution in [3.63, 3.8) is 0 Å². The van der Waals surface area contributed by atoms with E-state index in [1.807, 2.05) is 0 Å². The lowest BCUT2D eigenvalue weighted by molar-refractivity contribution is -0.307. The summed E-state index contributed by atoms with van der Waals surface area (Å²) in [7, 11) is 0. The van der Waals surface area contributed by atoms with E-state index < -0.39 is 24.3 Å². The number of esters is 1. The lowest BCUT2D eigenvalue weighted by Crippen LogP contribution is -2.45. The fourth-order valence-corrected chi connectivity index (χ4v) is 2.90. The highest BCUT2D eigenvalue weighted by atomic mass is 19.4. The first kappa shape index (κ1) is 20.2. The number of nitrogens with one attached hydrogen (secondary N) is 1. The van der Waals surface area contributed by atoms with E-state index in [4.69, 9.17) is 9.90 Å². The zero-order valence-electron chi connectivity index (χ0n) is 13.5. The Morgan fingerprint density at radius 3 is 2.29 bits per heavy atom. The number of aliphatic carboxylic acids is 1. The summed E-state index contributed by atoms with van der Waals surface area (Å²) in [6.07, 6.45) is -3.15. The SMILES string of the molecule is CC(=O)O.CC(C(=O)OC(F)(F)F)N1CC2(CCNCC2)CC1=O. The van der Waals surface area contributed by atoms with Crippen LogP contribution in [0, 0.1) is 5.41 Å². The first-order valence-corrected chi connectivity index (χ1v) is 7.45. The molecule has 24 heavy (non-hydrogen) atoms. The second-order valence-corrected chi connectivity index (χ2v) is 6.01. The lowest BCUT2D eigenvalue weighted by Gasteiger charge is -2.33. The minimum atomic E-state index is -5.01. The average Bonchev–Trinajstić information content (AvgIpc) is 2.72. The average molecular weight is 354 g/mol. The summed E-state index contributed by atoms with van der Waals surface area (Å²) in [5, 5.41) is 10.6. The van der Waals surface area contributed by atoms with Gasteiger partial charge in [0, 0.05) is 19.9 Å². The molecule has 10 heteroatoms. The Labute approximate surface area is 137 Å². The number of hydrogen-bond acceptors (Lipinski definition) is 5. The standard InChI is InChI=1S/C12H17F3N2O3.C2H4O2/c1-8(10(19)20-12(13,14)15)17-7-11(6-9(17)18)2-4-16-5-3-11;1-2(3)4/h8,16H,2-7H2,1H3;1H3,(H,3,4). The van der Waals surface area contributed by atoms with Crippen LogP contribution in [0.5, 0.6) is 0 Å². The molecule has 2 heterocycles. The number of alkyl halides is 3. The van der Waals surface area contributed by atoms with Crippen LogP contribution in [0.4, 0.5) is 13.2 Å². The zero-order valence-corrected chi connectivity index (χ0v) is 13.5. The molecule has 0 saturated carbocycles. The van der Waals surface area contributed by atoms with Gasteiger partial charge in [0.15, 0.2) is 0 Å². The van der Waals surface area contributed by atoms with Gasteiger partial charge in [-0.15, -0.1) is 13.2 Å². The molecule has 0 radical (unpaired) electrons. The van der Waals surface area contributed by atoms with E-state index in [0.29, 0.717) is 6.54 Å². The molecule has 0 bridgehead atoms. The summed E-state index contributed by atoms with van der Waals surface area (Å²) < 4.78 is 39.5. The summed E-state index contributed by atoms with van der Waals surface area (Å²) in [6, 6.07) is -1.21. The van der Waals surface area contributed by atoms with Gasteiger partial charge < -0.3 is 20.1 Å². The molecular formula is C14H21F3N2O5. The normalized spacial score (nSPS) is 21.0. The van der Waals surface area contributed by atoms with Gasteiger partial charge in [-0.25, -0.2) is 4.79 Å². The lowest BCUT2D eigenvalue weighted by atomic mass is 9.78. The van der Waals surface area contributed by atoms with Crippen molar-refractivity contribution in [3.8, 4) is 0 Å². The van der Waals surface area contributed by atoms with Crippen LogP contribution in [-0.2, 0) is 19.1 Å². The van der Waals surface area contributed by atoms with Gasteiger partial charge in [-0.05, 0) is 38.3 Å². The van der Waals surface area contributed by atoms with Crippen molar-refractivity contribution in [2.45, 2.75) is 45.5 Å². The van der Waals surface area contributed by atoms with Crippen molar-refractivity contribution in [3.05, 3.63) is 0 Å². The molecule has 0 aromatic carbocycles. The van der Waals surface area contributed by atoms with E-state index in [0.717, 1.165) is 32.9 Å². The summed E-state index contributed by atoms with van der Waals surface area (Å²) in [4.78, 5) is 33.6. The van der Waals surface area contributed by atoms with Crippen molar-refractivity contribution in [1.29, 1.82) is 0 Å². The molecular weight excluding hydrogens is 333 g/mol. The van der Waals surface area contributed by atoms with Gasteiger partial charge in [-0.3, -0.25) is 9.59 Å². The summed E-state index contributed by atoms with van der Waals surface area (Å²) in [5.74, 6) is -2.55. The van der Waals surface area contributed by atoms with Gasteiger partial charge in [0.25, 0.3) is 5.97 Å². The summed E-state index contributed by atoms with van der Waals surface area (Å²) >= 11 is 0. The third-order valence-corrected chi connectivity index (χ3v) is 4.04. The van der Waals surface area contributed by atoms with Gasteiger partial charge in [0.2, 0.25) is 5.91 Å². The van der Waals surface area contributed by atoms with Gasteiger partial charge in [0.1, 0.15) is 6.04 Å². The van der Waals surface area contributed by atoms with Crippen molar-refractivity contribution in [1.82, 2.24) is 10.2 Å². The molecule has 7 nitrogen and oxygen atoms in total. The molecule has 2 rings (SSSR count). The maximum Gasteiger partial charge on any atom is 0.575 e. The molecule has 1 spiro atoms. The summed E-state index contributed by atoms with van der Waals surface area (Å²) in [6.45, 7) is 4.23. The Morgan fingerprint density at radius 2 is 1.83 bits per heavy atom. The number of halogens is 3.